The number of aliphatic hydroxyl groups is 1. The number of fused-ring (bicyclic) bond motifs is 1. The number of carboxylic acids is 1. The van der Waals surface area contributed by atoms with Gasteiger partial charge in [-0.1, -0.05) is 6.92 Å². The Kier molecular flexibility index (Phi) is 7.57. The van der Waals surface area contributed by atoms with Crippen LogP contribution in [0.3, 0.4) is 0 Å². The van der Waals surface area contributed by atoms with E-state index in [1.165, 1.54) is 5.38 Å². The minimum atomic E-state index is -1.07. The summed E-state index contributed by atoms with van der Waals surface area (Å²) in [6.45, 7) is 2.09. The molecule has 11 heteroatoms. The summed E-state index contributed by atoms with van der Waals surface area (Å²) in [6.07, 6.45) is 1.66. The highest BCUT2D eigenvalue weighted by molar-refractivity contribution is 7.14. The summed E-state index contributed by atoms with van der Waals surface area (Å²) in [5, 5.41) is 26.4. The van der Waals surface area contributed by atoms with Crippen molar-refractivity contribution in [2.45, 2.75) is 32.2 Å². The molecule has 0 aliphatic rings. The lowest BCUT2D eigenvalue weighted by Gasteiger charge is -2.12. The Morgan fingerprint density at radius 2 is 2.06 bits per heavy atom. The number of carbonyl (C=O) groups excluding carboxylic acids is 2. The number of H-pyrrole nitrogens is 1. The summed E-state index contributed by atoms with van der Waals surface area (Å²) >= 11 is 1.10. The molecule has 2 amide bonds. The predicted octanol–water partition coefficient (Wildman–Crippen LogP) is 1.97. The molecule has 0 aliphatic carbocycles. The Labute approximate surface area is 187 Å². The molecule has 3 aromatic rings. The normalized spacial score (nSPS) is 12.0. The monoisotopic (exact) mass is 459 g/mol. The van der Waals surface area contributed by atoms with Gasteiger partial charge in [0.15, 0.2) is 5.13 Å². The third kappa shape index (κ3) is 5.13. The summed E-state index contributed by atoms with van der Waals surface area (Å²) in [7, 11) is 0. The predicted molar refractivity (Wildman–Crippen MR) is 121 cm³/mol. The largest absolute Gasteiger partial charge is 0.477 e. The second kappa shape index (κ2) is 10.4. The highest BCUT2D eigenvalue weighted by Crippen LogP contribution is 2.26. The average molecular weight is 460 g/mol. The molecule has 10 nitrogen and oxygen atoms in total. The molecule has 0 aliphatic heterocycles. The molecule has 0 radical (unpaired) electrons. The van der Waals surface area contributed by atoms with Crippen molar-refractivity contribution in [3.63, 3.8) is 0 Å². The van der Waals surface area contributed by atoms with E-state index in [1.807, 2.05) is 6.92 Å². The fraction of sp³-hybridized carbons (Fsp3) is 0.333. The van der Waals surface area contributed by atoms with Crippen LogP contribution in [0.2, 0.25) is 0 Å². The van der Waals surface area contributed by atoms with Crippen LogP contribution in [0, 0.1) is 0 Å². The summed E-state index contributed by atoms with van der Waals surface area (Å²) < 4.78 is 0. The van der Waals surface area contributed by atoms with Crippen molar-refractivity contribution in [2.75, 3.05) is 18.5 Å². The van der Waals surface area contributed by atoms with E-state index in [0.29, 0.717) is 47.8 Å². The van der Waals surface area contributed by atoms with Crippen LogP contribution in [0.4, 0.5) is 5.13 Å². The number of benzene rings is 1. The van der Waals surface area contributed by atoms with E-state index < -0.39 is 17.8 Å². The first kappa shape index (κ1) is 23.4. The highest BCUT2D eigenvalue weighted by Gasteiger charge is 2.19. The molecule has 32 heavy (non-hydrogen) atoms. The number of hydrogen-bond acceptors (Lipinski definition) is 7. The van der Waals surface area contributed by atoms with Crippen LogP contribution in [0.5, 0.6) is 0 Å². The van der Waals surface area contributed by atoms with Crippen molar-refractivity contribution in [1.82, 2.24) is 15.3 Å². The molecule has 170 valence electrons. The van der Waals surface area contributed by atoms with E-state index in [0.717, 1.165) is 11.3 Å². The molecule has 0 saturated carbocycles. The summed E-state index contributed by atoms with van der Waals surface area (Å²) in [4.78, 5) is 43.6. The Hall–Kier alpha value is -3.28. The number of thiazole rings is 1. The lowest BCUT2D eigenvalue weighted by molar-refractivity contribution is 0.0689. The van der Waals surface area contributed by atoms with Gasteiger partial charge in [-0.15, -0.1) is 11.3 Å². The van der Waals surface area contributed by atoms with Crippen LogP contribution in [0.15, 0.2) is 23.6 Å². The summed E-state index contributed by atoms with van der Waals surface area (Å²) in [5.74, 6) is -1.93. The molecule has 2 aromatic heterocycles. The standard InChI is InChI=1S/C21H25N5O5S/c1-2-12(9-27)23-19(29)16-10-32-21(25-16)26-18(28)11-5-6-15-14(8-11)13(4-3-7-22)17(24-15)20(30)31/h5-6,8,10,12,24,27H,2-4,7,9,22H2,1H3,(H,23,29)(H,30,31)(H,25,26,28). The summed E-state index contributed by atoms with van der Waals surface area (Å²) in [6, 6.07) is 4.51. The first-order chi connectivity index (χ1) is 15.4. The van der Waals surface area contributed by atoms with Crippen molar-refractivity contribution < 1.29 is 24.6 Å². The Morgan fingerprint density at radius 1 is 1.28 bits per heavy atom. The molecule has 2 heterocycles. The number of hydrogen-bond donors (Lipinski definition) is 6. The first-order valence-corrected chi connectivity index (χ1v) is 11.0. The van der Waals surface area contributed by atoms with Crippen molar-refractivity contribution in [2.24, 2.45) is 5.73 Å². The number of aliphatic hydroxyl groups excluding tert-OH is 1. The lowest BCUT2D eigenvalue weighted by Crippen LogP contribution is -2.37. The zero-order chi connectivity index (χ0) is 23.3. The van der Waals surface area contributed by atoms with Crippen molar-refractivity contribution >= 4 is 45.2 Å². The Bertz CT molecular complexity index is 1140. The maximum Gasteiger partial charge on any atom is 0.352 e. The number of carboxylic acid groups (broad SMARTS) is 1. The second-order valence-corrected chi connectivity index (χ2v) is 8.05. The lowest BCUT2D eigenvalue weighted by atomic mass is 10.0. The Morgan fingerprint density at radius 3 is 2.72 bits per heavy atom. The number of amides is 2. The number of aryl methyl sites for hydroxylation is 1. The number of nitrogens with one attached hydrogen (secondary N) is 3. The first-order valence-electron chi connectivity index (χ1n) is 10.1. The third-order valence-electron chi connectivity index (χ3n) is 5.02. The molecule has 7 N–H and O–H groups in total. The fourth-order valence-electron chi connectivity index (χ4n) is 3.25. The zero-order valence-electron chi connectivity index (χ0n) is 17.5. The highest BCUT2D eigenvalue weighted by atomic mass is 32.1. The number of aromatic nitrogens is 2. The number of aromatic carboxylic acids is 1. The van der Waals surface area contributed by atoms with Crippen molar-refractivity contribution in [3.05, 3.63) is 46.1 Å². The van der Waals surface area contributed by atoms with E-state index in [1.54, 1.807) is 18.2 Å². The number of anilines is 1. The van der Waals surface area contributed by atoms with Crippen molar-refractivity contribution in [1.29, 1.82) is 0 Å². The number of carbonyl (C=O) groups is 3. The quantitative estimate of drug-likeness (QED) is 0.269. The van der Waals surface area contributed by atoms with Gasteiger partial charge in [0.05, 0.1) is 12.6 Å². The summed E-state index contributed by atoms with van der Waals surface area (Å²) in [5.41, 5.74) is 7.37. The minimum absolute atomic E-state index is 0.0925. The minimum Gasteiger partial charge on any atom is -0.477 e. The van der Waals surface area contributed by atoms with Gasteiger partial charge in [0.1, 0.15) is 11.4 Å². The van der Waals surface area contributed by atoms with E-state index in [9.17, 15) is 24.6 Å². The maximum atomic E-state index is 12.7. The molecular weight excluding hydrogens is 434 g/mol. The number of aromatic amines is 1. The van der Waals surface area contributed by atoms with Gasteiger partial charge >= 0.3 is 5.97 Å². The third-order valence-corrected chi connectivity index (χ3v) is 5.78. The van der Waals surface area contributed by atoms with Gasteiger partial charge in [0.2, 0.25) is 0 Å². The molecular formula is C21H25N5O5S. The molecule has 1 unspecified atom stereocenters. The maximum absolute atomic E-state index is 12.7. The van der Waals surface area contributed by atoms with Gasteiger partial charge in [0, 0.05) is 21.8 Å². The fourth-order valence-corrected chi connectivity index (χ4v) is 3.94. The van der Waals surface area contributed by atoms with E-state index in [4.69, 9.17) is 5.73 Å². The molecule has 0 saturated heterocycles. The van der Waals surface area contributed by atoms with Crippen LogP contribution in [0.1, 0.15) is 56.7 Å². The van der Waals surface area contributed by atoms with Gasteiger partial charge in [0.25, 0.3) is 11.8 Å². The van der Waals surface area contributed by atoms with Gasteiger partial charge in [-0.3, -0.25) is 14.9 Å². The number of nitrogens with zero attached hydrogens (tertiary/aromatic N) is 1. The van der Waals surface area contributed by atoms with Crippen molar-refractivity contribution in [3.8, 4) is 0 Å². The van der Waals surface area contributed by atoms with Crippen LogP contribution < -0.4 is 16.4 Å². The molecule has 1 aromatic carbocycles. The average Bonchev–Trinajstić information content (AvgIpc) is 3.40. The van der Waals surface area contributed by atoms with Crippen LogP contribution in [-0.2, 0) is 6.42 Å². The van der Waals surface area contributed by atoms with Gasteiger partial charge < -0.3 is 26.2 Å². The van der Waals surface area contributed by atoms with Crippen LogP contribution in [-0.4, -0.2) is 57.2 Å². The number of rotatable bonds is 10. The van der Waals surface area contributed by atoms with E-state index in [-0.39, 0.29) is 29.2 Å². The molecule has 0 fully saturated rings. The van der Waals surface area contributed by atoms with Crippen LogP contribution >= 0.6 is 11.3 Å². The van der Waals surface area contributed by atoms with Gasteiger partial charge in [-0.25, -0.2) is 9.78 Å². The van der Waals surface area contributed by atoms with Gasteiger partial charge in [-0.05, 0) is 49.6 Å². The molecule has 1 atom stereocenters. The second-order valence-electron chi connectivity index (χ2n) is 7.19. The molecule has 0 spiro atoms. The van der Waals surface area contributed by atoms with Crippen LogP contribution in [0.25, 0.3) is 10.9 Å². The molecule has 3 rings (SSSR count). The van der Waals surface area contributed by atoms with Gasteiger partial charge in [-0.2, -0.15) is 0 Å². The SMILES string of the molecule is CCC(CO)NC(=O)c1csc(NC(=O)c2ccc3[nH]c(C(=O)O)c(CCCN)c3c2)n1. The van der Waals surface area contributed by atoms with E-state index >= 15 is 0 Å². The Balaban J connectivity index is 1.79. The number of nitrogens with two attached hydrogens (primary N) is 1. The molecule has 0 bridgehead atoms. The smallest absolute Gasteiger partial charge is 0.352 e. The van der Waals surface area contributed by atoms with E-state index in [2.05, 4.69) is 20.6 Å². The zero-order valence-corrected chi connectivity index (χ0v) is 18.3. The topological polar surface area (TPSA) is 170 Å².